The topological polar surface area (TPSA) is 58.6 Å². The predicted octanol–water partition coefficient (Wildman–Crippen LogP) is 5.09. The van der Waals surface area contributed by atoms with Gasteiger partial charge >= 0.3 is 0 Å². The third-order valence-electron chi connectivity index (χ3n) is 4.69. The molecule has 0 spiro atoms. The zero-order chi connectivity index (χ0) is 20.8. The molecule has 0 bridgehead atoms. The van der Waals surface area contributed by atoms with Crippen LogP contribution >= 0.6 is 0 Å². The van der Waals surface area contributed by atoms with Crippen LogP contribution in [0.3, 0.4) is 0 Å². The van der Waals surface area contributed by atoms with E-state index < -0.39 is 0 Å². The first kappa shape index (κ1) is 20.1. The van der Waals surface area contributed by atoms with E-state index in [9.17, 15) is 9.59 Å². The number of nitrogens with one attached hydrogen (secondary N) is 1. The number of aryl methyl sites for hydroxylation is 1. The largest absolute Gasteiger partial charge is 0.455 e. The van der Waals surface area contributed by atoms with Gasteiger partial charge in [0.25, 0.3) is 0 Å². The van der Waals surface area contributed by atoms with Crippen molar-refractivity contribution in [3.05, 3.63) is 83.9 Å². The molecule has 0 unspecified atom stereocenters. The van der Waals surface area contributed by atoms with E-state index in [0.29, 0.717) is 17.2 Å². The van der Waals surface area contributed by atoms with Crippen molar-refractivity contribution in [2.24, 2.45) is 0 Å². The highest BCUT2D eigenvalue weighted by molar-refractivity contribution is 6.02. The van der Waals surface area contributed by atoms with Crippen LogP contribution in [-0.4, -0.2) is 18.4 Å². The number of anilines is 2. The van der Waals surface area contributed by atoms with Crippen LogP contribution in [0.4, 0.5) is 11.4 Å². The minimum atomic E-state index is -0.275. The summed E-state index contributed by atoms with van der Waals surface area (Å²) in [6.45, 7) is 5.27. The van der Waals surface area contributed by atoms with Gasteiger partial charge in [-0.1, -0.05) is 42.5 Å². The Morgan fingerprint density at radius 3 is 2.31 bits per heavy atom. The zero-order valence-corrected chi connectivity index (χ0v) is 16.8. The number of carbonyl (C=O) groups excluding carboxylic acids is 2. The van der Waals surface area contributed by atoms with Crippen LogP contribution in [0.5, 0.6) is 11.5 Å². The van der Waals surface area contributed by atoms with E-state index in [4.69, 9.17) is 4.74 Å². The van der Waals surface area contributed by atoms with E-state index in [1.807, 2.05) is 74.5 Å². The Bertz CT molecular complexity index is 1020. The number of carbonyl (C=O) groups is 2. The van der Waals surface area contributed by atoms with Gasteiger partial charge in [0.1, 0.15) is 12.3 Å². The smallest absolute Gasteiger partial charge is 0.244 e. The van der Waals surface area contributed by atoms with Crippen molar-refractivity contribution in [3.63, 3.8) is 0 Å². The van der Waals surface area contributed by atoms with E-state index in [0.717, 1.165) is 16.8 Å². The molecule has 0 fully saturated rings. The molecule has 0 aliphatic rings. The summed E-state index contributed by atoms with van der Waals surface area (Å²) in [7, 11) is 0. The number of ether oxygens (including phenoxy) is 1. The van der Waals surface area contributed by atoms with Gasteiger partial charge in [-0.2, -0.15) is 0 Å². The molecule has 5 nitrogen and oxygen atoms in total. The molecule has 0 saturated carbocycles. The Kier molecular flexibility index (Phi) is 6.29. The Hall–Kier alpha value is -3.60. The summed E-state index contributed by atoms with van der Waals surface area (Å²) in [5, 5.41) is 2.90. The van der Waals surface area contributed by atoms with E-state index in [1.54, 1.807) is 12.1 Å². The maximum Gasteiger partial charge on any atom is 0.244 e. The molecule has 0 saturated heterocycles. The van der Waals surface area contributed by atoms with Gasteiger partial charge in [0.05, 0.1) is 5.69 Å². The molecule has 0 aromatic heterocycles. The van der Waals surface area contributed by atoms with Crippen molar-refractivity contribution in [1.29, 1.82) is 0 Å². The lowest BCUT2D eigenvalue weighted by Crippen LogP contribution is -2.37. The number of benzene rings is 3. The molecule has 0 atom stereocenters. The third-order valence-corrected chi connectivity index (χ3v) is 4.69. The molecule has 1 N–H and O–H groups in total. The lowest BCUT2D eigenvalue weighted by Gasteiger charge is -2.23. The molecule has 0 aliphatic heterocycles. The second kappa shape index (κ2) is 9.06. The summed E-state index contributed by atoms with van der Waals surface area (Å²) in [4.78, 5) is 26.5. The Labute approximate surface area is 170 Å². The van der Waals surface area contributed by atoms with Gasteiger partial charge in [-0.3, -0.25) is 14.5 Å². The third kappa shape index (κ3) is 5.02. The highest BCUT2D eigenvalue weighted by Gasteiger charge is 2.20. The fourth-order valence-electron chi connectivity index (χ4n) is 2.97. The highest BCUT2D eigenvalue weighted by atomic mass is 16.5. The molecule has 0 heterocycles. The molecule has 3 aromatic rings. The number of hydrogen-bond donors (Lipinski definition) is 1. The number of amides is 2. The van der Waals surface area contributed by atoms with E-state index in [-0.39, 0.29) is 18.4 Å². The van der Waals surface area contributed by atoms with Crippen molar-refractivity contribution >= 4 is 23.2 Å². The molecule has 148 valence electrons. The van der Waals surface area contributed by atoms with Crippen LogP contribution in [0.2, 0.25) is 0 Å². The molecule has 3 rings (SSSR count). The predicted molar refractivity (Wildman–Crippen MR) is 116 cm³/mol. The average molecular weight is 388 g/mol. The van der Waals surface area contributed by atoms with Gasteiger partial charge in [-0.15, -0.1) is 0 Å². The molecule has 0 radical (unpaired) electrons. The lowest BCUT2D eigenvalue weighted by atomic mass is 10.1. The highest BCUT2D eigenvalue weighted by Crippen LogP contribution is 2.32. The maximum atomic E-state index is 12.7. The quantitative estimate of drug-likeness (QED) is 0.640. The second-order valence-corrected chi connectivity index (χ2v) is 6.78. The van der Waals surface area contributed by atoms with Gasteiger partial charge in [-0.25, -0.2) is 0 Å². The van der Waals surface area contributed by atoms with Crippen LogP contribution in [0.15, 0.2) is 72.8 Å². The van der Waals surface area contributed by atoms with E-state index >= 15 is 0 Å². The monoisotopic (exact) mass is 388 g/mol. The van der Waals surface area contributed by atoms with Crippen LogP contribution in [0.1, 0.15) is 18.1 Å². The Balaban J connectivity index is 1.82. The van der Waals surface area contributed by atoms with Crippen LogP contribution in [-0.2, 0) is 9.59 Å². The average Bonchev–Trinajstić information content (AvgIpc) is 2.71. The lowest BCUT2D eigenvalue weighted by molar-refractivity contribution is -0.120. The molecule has 5 heteroatoms. The van der Waals surface area contributed by atoms with Gasteiger partial charge < -0.3 is 10.1 Å². The fraction of sp³-hybridized carbons (Fsp3) is 0.167. The first-order valence-electron chi connectivity index (χ1n) is 9.42. The second-order valence-electron chi connectivity index (χ2n) is 6.78. The fourth-order valence-corrected chi connectivity index (χ4v) is 2.97. The summed E-state index contributed by atoms with van der Waals surface area (Å²) >= 11 is 0. The summed E-state index contributed by atoms with van der Waals surface area (Å²) in [5.41, 5.74) is 3.38. The Morgan fingerprint density at radius 2 is 1.59 bits per heavy atom. The van der Waals surface area contributed by atoms with Gasteiger partial charge in [0.15, 0.2) is 5.75 Å². The van der Waals surface area contributed by atoms with Crippen molar-refractivity contribution in [2.45, 2.75) is 20.8 Å². The zero-order valence-electron chi connectivity index (χ0n) is 16.8. The van der Waals surface area contributed by atoms with Gasteiger partial charge in [-0.05, 0) is 55.3 Å². The molecule has 2 amide bonds. The molecule has 29 heavy (non-hydrogen) atoms. The van der Waals surface area contributed by atoms with Crippen LogP contribution in [0, 0.1) is 13.8 Å². The summed E-state index contributed by atoms with van der Waals surface area (Å²) in [5.74, 6) is 0.644. The summed E-state index contributed by atoms with van der Waals surface area (Å²) < 4.78 is 5.95. The SMILES string of the molecule is CC(=O)N(CC(=O)Nc1cccc(C)c1C)c1ccccc1Oc1ccccc1. The van der Waals surface area contributed by atoms with Crippen molar-refractivity contribution < 1.29 is 14.3 Å². The summed E-state index contributed by atoms with van der Waals surface area (Å²) in [6.07, 6.45) is 0. The van der Waals surface area contributed by atoms with E-state index in [2.05, 4.69) is 5.32 Å². The van der Waals surface area contributed by atoms with Crippen LogP contribution in [0.25, 0.3) is 0 Å². The number of rotatable bonds is 6. The van der Waals surface area contributed by atoms with Crippen molar-refractivity contribution in [2.75, 3.05) is 16.8 Å². The Morgan fingerprint density at radius 1 is 0.897 bits per heavy atom. The first-order chi connectivity index (χ1) is 14.0. The maximum absolute atomic E-state index is 12.7. The minimum absolute atomic E-state index is 0.113. The minimum Gasteiger partial charge on any atom is -0.455 e. The summed E-state index contributed by atoms with van der Waals surface area (Å²) in [6, 6.07) is 22.2. The molecular weight excluding hydrogens is 364 g/mol. The van der Waals surface area contributed by atoms with E-state index in [1.165, 1.54) is 11.8 Å². The molecular formula is C24H24N2O3. The van der Waals surface area contributed by atoms with Crippen molar-refractivity contribution in [3.8, 4) is 11.5 Å². The van der Waals surface area contributed by atoms with Gasteiger partial charge in [0, 0.05) is 12.6 Å². The van der Waals surface area contributed by atoms with Crippen LogP contribution < -0.4 is 15.0 Å². The number of para-hydroxylation sites is 3. The first-order valence-corrected chi connectivity index (χ1v) is 9.42. The standard InChI is InChI=1S/C24H24N2O3/c1-17-10-9-13-21(18(17)2)25-24(28)16-26(19(3)27)22-14-7-8-15-23(22)29-20-11-5-4-6-12-20/h4-15H,16H2,1-3H3,(H,25,28). The number of nitrogens with zero attached hydrogens (tertiary/aromatic N) is 1. The number of hydrogen-bond acceptors (Lipinski definition) is 3. The normalized spacial score (nSPS) is 10.3. The molecule has 3 aromatic carbocycles. The van der Waals surface area contributed by atoms with Crippen molar-refractivity contribution in [1.82, 2.24) is 0 Å². The molecule has 0 aliphatic carbocycles. The van der Waals surface area contributed by atoms with Gasteiger partial charge in [0.2, 0.25) is 11.8 Å².